The van der Waals surface area contributed by atoms with Crippen LogP contribution in [-0.2, 0) is 0 Å². The quantitative estimate of drug-likeness (QED) is 0.787. The van der Waals surface area contributed by atoms with E-state index in [2.05, 4.69) is 15.3 Å². The summed E-state index contributed by atoms with van der Waals surface area (Å²) in [6.45, 7) is 3.67. The maximum atomic E-state index is 11.9. The molecule has 0 aliphatic carbocycles. The first-order valence-corrected chi connectivity index (χ1v) is 5.52. The van der Waals surface area contributed by atoms with Gasteiger partial charge >= 0.3 is 0 Å². The highest BCUT2D eigenvalue weighted by Crippen LogP contribution is 2.02. The van der Waals surface area contributed by atoms with Crippen molar-refractivity contribution in [3.8, 4) is 0 Å². The summed E-state index contributed by atoms with van der Waals surface area (Å²) in [5, 5.41) is 2.67. The molecule has 0 bridgehead atoms. The third-order valence-corrected chi connectivity index (χ3v) is 2.09. The monoisotopic (exact) mass is 244 g/mol. The molecular weight excluding hydrogens is 228 g/mol. The van der Waals surface area contributed by atoms with Crippen molar-refractivity contribution in [1.29, 1.82) is 0 Å². The van der Waals surface area contributed by atoms with Crippen LogP contribution in [0.25, 0.3) is 0 Å². The number of amides is 1. The molecule has 0 fully saturated rings. The Labute approximate surface area is 106 Å². The molecule has 18 heavy (non-hydrogen) atoms. The molecule has 94 valence electrons. The molecule has 1 amide bonds. The molecule has 0 aliphatic rings. The first-order valence-electron chi connectivity index (χ1n) is 5.52. The van der Waals surface area contributed by atoms with Gasteiger partial charge in [0.25, 0.3) is 5.91 Å². The van der Waals surface area contributed by atoms with Gasteiger partial charge in [-0.1, -0.05) is 18.2 Å². The summed E-state index contributed by atoms with van der Waals surface area (Å²) >= 11 is 0. The lowest BCUT2D eigenvalue weighted by atomic mass is 10.2. The number of hydrogen-bond donors (Lipinski definition) is 2. The number of carbonyl (C=O) groups is 1. The third-order valence-electron chi connectivity index (χ3n) is 2.09. The van der Waals surface area contributed by atoms with E-state index in [9.17, 15) is 4.79 Å². The fourth-order valence-corrected chi connectivity index (χ4v) is 1.15. The molecule has 1 aromatic rings. The Bertz CT molecular complexity index is 489. The summed E-state index contributed by atoms with van der Waals surface area (Å²) < 4.78 is 0. The third kappa shape index (κ3) is 3.86. The fourth-order valence-electron chi connectivity index (χ4n) is 1.15. The van der Waals surface area contributed by atoms with Crippen LogP contribution in [0.15, 0.2) is 54.2 Å². The lowest BCUT2D eigenvalue weighted by Crippen LogP contribution is -2.27. The van der Waals surface area contributed by atoms with Crippen molar-refractivity contribution in [2.24, 2.45) is 5.73 Å². The molecule has 0 atom stereocenters. The van der Waals surface area contributed by atoms with Crippen LogP contribution in [0.2, 0.25) is 0 Å². The lowest BCUT2D eigenvalue weighted by molar-refractivity contribution is 0.0956. The maximum Gasteiger partial charge on any atom is 0.293 e. The molecule has 0 spiro atoms. The molecule has 1 heterocycles. The zero-order valence-electron chi connectivity index (χ0n) is 10.4. The van der Waals surface area contributed by atoms with E-state index in [1.54, 1.807) is 31.2 Å². The summed E-state index contributed by atoms with van der Waals surface area (Å²) in [7, 11) is 0. The SMILES string of the molecule is C\C=C/C=C(NC(=O)c1ncccn1)\C(N)=C/C. The van der Waals surface area contributed by atoms with E-state index in [1.807, 2.05) is 13.0 Å². The number of nitrogens with two attached hydrogens (primary N) is 1. The smallest absolute Gasteiger partial charge is 0.293 e. The van der Waals surface area contributed by atoms with Crippen LogP contribution in [0.4, 0.5) is 0 Å². The number of carbonyl (C=O) groups excluding carboxylic acids is 1. The Morgan fingerprint density at radius 1 is 1.33 bits per heavy atom. The minimum Gasteiger partial charge on any atom is -0.397 e. The molecule has 3 N–H and O–H groups in total. The second-order valence-corrected chi connectivity index (χ2v) is 3.38. The second-order valence-electron chi connectivity index (χ2n) is 3.38. The number of rotatable bonds is 4. The van der Waals surface area contributed by atoms with Crippen LogP contribution in [0.5, 0.6) is 0 Å². The van der Waals surface area contributed by atoms with Gasteiger partial charge in [-0.15, -0.1) is 0 Å². The van der Waals surface area contributed by atoms with Gasteiger partial charge in [0.05, 0.1) is 11.4 Å². The van der Waals surface area contributed by atoms with Gasteiger partial charge in [-0.05, 0) is 26.0 Å². The van der Waals surface area contributed by atoms with Crippen LogP contribution < -0.4 is 11.1 Å². The van der Waals surface area contributed by atoms with Gasteiger partial charge in [-0.2, -0.15) is 0 Å². The predicted molar refractivity (Wildman–Crippen MR) is 70.3 cm³/mol. The summed E-state index contributed by atoms with van der Waals surface area (Å²) in [6.07, 6.45) is 10.1. The van der Waals surface area contributed by atoms with Crippen molar-refractivity contribution in [3.63, 3.8) is 0 Å². The molecule has 0 aliphatic heterocycles. The van der Waals surface area contributed by atoms with Gasteiger partial charge in [0, 0.05) is 12.4 Å². The van der Waals surface area contributed by atoms with Crippen LogP contribution in [-0.4, -0.2) is 15.9 Å². The molecule has 0 saturated heterocycles. The number of nitrogens with one attached hydrogen (secondary N) is 1. The Morgan fingerprint density at radius 3 is 2.56 bits per heavy atom. The normalized spacial score (nSPS) is 12.8. The van der Waals surface area contributed by atoms with E-state index in [0.29, 0.717) is 11.4 Å². The first kappa shape index (κ1) is 13.6. The predicted octanol–water partition coefficient (Wildman–Crippen LogP) is 1.53. The highest BCUT2D eigenvalue weighted by Gasteiger charge is 2.10. The molecular formula is C13H16N4O. The average Bonchev–Trinajstić information content (AvgIpc) is 2.43. The highest BCUT2D eigenvalue weighted by atomic mass is 16.2. The maximum absolute atomic E-state index is 11.9. The summed E-state index contributed by atoms with van der Waals surface area (Å²) in [6, 6.07) is 1.65. The van der Waals surface area contributed by atoms with Gasteiger partial charge in [0.15, 0.2) is 0 Å². The number of nitrogens with zero attached hydrogens (tertiary/aromatic N) is 2. The van der Waals surface area contributed by atoms with E-state index >= 15 is 0 Å². The summed E-state index contributed by atoms with van der Waals surface area (Å²) in [4.78, 5) is 19.6. The second kappa shape index (κ2) is 7.01. The van der Waals surface area contributed by atoms with E-state index in [0.717, 1.165) is 0 Å². The lowest BCUT2D eigenvalue weighted by Gasteiger charge is -2.08. The zero-order chi connectivity index (χ0) is 13.4. The molecule has 5 heteroatoms. The Kier molecular flexibility index (Phi) is 5.31. The van der Waals surface area contributed by atoms with Crippen molar-refractivity contribution >= 4 is 5.91 Å². The standard InChI is InChI=1S/C13H16N4O/c1-3-5-7-11(10(14)4-2)17-13(18)12-15-8-6-9-16-12/h3-9H,14H2,1-2H3,(H,17,18)/b5-3-,10-4+,11-7+. The highest BCUT2D eigenvalue weighted by molar-refractivity contribution is 5.92. The van der Waals surface area contributed by atoms with Crippen LogP contribution in [0, 0.1) is 0 Å². The molecule has 1 rings (SSSR count). The number of aromatic nitrogens is 2. The average molecular weight is 244 g/mol. The van der Waals surface area contributed by atoms with Crippen molar-refractivity contribution in [3.05, 3.63) is 60.0 Å². The van der Waals surface area contributed by atoms with E-state index < -0.39 is 5.91 Å². The van der Waals surface area contributed by atoms with E-state index in [-0.39, 0.29) is 5.82 Å². The molecule has 0 saturated carbocycles. The van der Waals surface area contributed by atoms with Crippen LogP contribution in [0.1, 0.15) is 24.5 Å². The summed E-state index contributed by atoms with van der Waals surface area (Å²) in [5.41, 5.74) is 6.79. The fraction of sp³-hybridized carbons (Fsp3) is 0.154. The first-order chi connectivity index (χ1) is 8.69. The largest absolute Gasteiger partial charge is 0.397 e. The van der Waals surface area contributed by atoms with Gasteiger partial charge in [0.2, 0.25) is 5.82 Å². The van der Waals surface area contributed by atoms with E-state index in [4.69, 9.17) is 5.73 Å². The van der Waals surface area contributed by atoms with Crippen molar-refractivity contribution in [1.82, 2.24) is 15.3 Å². The molecule has 1 aromatic heterocycles. The minimum atomic E-state index is -0.392. The molecule has 0 radical (unpaired) electrons. The Morgan fingerprint density at radius 2 is 2.00 bits per heavy atom. The molecule has 5 nitrogen and oxygen atoms in total. The topological polar surface area (TPSA) is 80.9 Å². The van der Waals surface area contributed by atoms with Gasteiger partial charge in [0.1, 0.15) is 0 Å². The van der Waals surface area contributed by atoms with E-state index in [1.165, 1.54) is 12.4 Å². The van der Waals surface area contributed by atoms with Gasteiger partial charge < -0.3 is 11.1 Å². The van der Waals surface area contributed by atoms with Crippen LogP contribution >= 0.6 is 0 Å². The zero-order valence-corrected chi connectivity index (χ0v) is 10.4. The number of allylic oxidation sites excluding steroid dienone is 4. The number of hydrogen-bond acceptors (Lipinski definition) is 4. The summed E-state index contributed by atoms with van der Waals surface area (Å²) in [5.74, 6) is -0.288. The Balaban J connectivity index is 2.89. The molecule has 0 unspecified atom stereocenters. The Hall–Kier alpha value is -2.43. The van der Waals surface area contributed by atoms with Gasteiger partial charge in [-0.3, -0.25) is 4.79 Å². The van der Waals surface area contributed by atoms with Crippen molar-refractivity contribution in [2.75, 3.05) is 0 Å². The van der Waals surface area contributed by atoms with Crippen molar-refractivity contribution < 1.29 is 4.79 Å². The van der Waals surface area contributed by atoms with Crippen molar-refractivity contribution in [2.45, 2.75) is 13.8 Å². The molecule has 0 aromatic carbocycles. The minimum absolute atomic E-state index is 0.104. The van der Waals surface area contributed by atoms with Crippen LogP contribution in [0.3, 0.4) is 0 Å². The van der Waals surface area contributed by atoms with Gasteiger partial charge in [-0.25, -0.2) is 9.97 Å².